The summed E-state index contributed by atoms with van der Waals surface area (Å²) in [6, 6.07) is 0. The number of amidine groups is 1. The molecular formula is C9H18F3N3O2. The van der Waals surface area contributed by atoms with Crippen molar-refractivity contribution in [1.29, 1.82) is 0 Å². The van der Waals surface area contributed by atoms with E-state index < -0.39 is 24.5 Å². The number of nitrogens with one attached hydrogen (secondary N) is 1. The van der Waals surface area contributed by atoms with E-state index in [1.807, 2.05) is 13.8 Å². The fourth-order valence-electron chi connectivity index (χ4n) is 1.07. The van der Waals surface area contributed by atoms with E-state index in [9.17, 15) is 13.2 Å². The van der Waals surface area contributed by atoms with Gasteiger partial charge in [0.15, 0.2) is 5.84 Å². The number of oxime groups is 1. The molecule has 102 valence electrons. The van der Waals surface area contributed by atoms with E-state index in [0.29, 0.717) is 6.61 Å². The third-order valence-electron chi connectivity index (χ3n) is 1.95. The number of halogens is 3. The lowest BCUT2D eigenvalue weighted by atomic mass is 10.1. The normalized spacial score (nSPS) is 15.3. The molecule has 1 atom stereocenters. The second-order valence-corrected chi connectivity index (χ2v) is 3.74. The number of nitrogens with two attached hydrogens (primary N) is 1. The summed E-state index contributed by atoms with van der Waals surface area (Å²) < 4.78 is 42.5. The van der Waals surface area contributed by atoms with Crippen LogP contribution in [0.15, 0.2) is 5.16 Å². The van der Waals surface area contributed by atoms with E-state index in [1.165, 1.54) is 0 Å². The van der Waals surface area contributed by atoms with Crippen molar-refractivity contribution in [3.63, 3.8) is 0 Å². The lowest BCUT2D eigenvalue weighted by Gasteiger charge is -2.19. The van der Waals surface area contributed by atoms with E-state index in [4.69, 9.17) is 15.7 Å². The van der Waals surface area contributed by atoms with Crippen molar-refractivity contribution in [3.05, 3.63) is 0 Å². The number of nitrogens with zero attached hydrogens (tertiary/aromatic N) is 1. The standard InChI is InChI=1S/C9H18F3N3O2/c1-6(2)17-4-3-14-5-7(8(13)15-16)9(10,11)12/h6-7,14,16H,3-5H2,1-2H3,(H2,13,15). The number of ether oxygens (including phenoxy) is 1. The van der Waals surface area contributed by atoms with Gasteiger partial charge in [0.05, 0.1) is 12.7 Å². The Morgan fingerprint density at radius 1 is 1.47 bits per heavy atom. The molecule has 4 N–H and O–H groups in total. The fourth-order valence-corrected chi connectivity index (χ4v) is 1.07. The van der Waals surface area contributed by atoms with Gasteiger partial charge in [0.25, 0.3) is 0 Å². The van der Waals surface area contributed by atoms with Crippen LogP contribution in [0.25, 0.3) is 0 Å². The monoisotopic (exact) mass is 257 g/mol. The highest BCUT2D eigenvalue weighted by Crippen LogP contribution is 2.25. The topological polar surface area (TPSA) is 79.9 Å². The van der Waals surface area contributed by atoms with Crippen molar-refractivity contribution in [2.75, 3.05) is 19.7 Å². The molecule has 0 fully saturated rings. The Morgan fingerprint density at radius 2 is 2.06 bits per heavy atom. The maximum atomic E-state index is 12.5. The molecule has 0 radical (unpaired) electrons. The molecule has 0 aliphatic heterocycles. The van der Waals surface area contributed by atoms with Gasteiger partial charge in [-0.2, -0.15) is 13.2 Å². The third kappa shape index (κ3) is 7.01. The Hall–Kier alpha value is -1.02. The molecule has 8 heteroatoms. The zero-order chi connectivity index (χ0) is 13.5. The predicted molar refractivity (Wildman–Crippen MR) is 56.9 cm³/mol. The summed E-state index contributed by atoms with van der Waals surface area (Å²) in [6.07, 6.45) is -4.51. The zero-order valence-electron chi connectivity index (χ0n) is 9.79. The predicted octanol–water partition coefficient (Wildman–Crippen LogP) is 0.926. The minimum atomic E-state index is -4.54. The first-order valence-corrected chi connectivity index (χ1v) is 5.15. The molecule has 0 saturated carbocycles. The first-order valence-electron chi connectivity index (χ1n) is 5.15. The summed E-state index contributed by atoms with van der Waals surface area (Å²) in [7, 11) is 0. The molecule has 0 rings (SSSR count). The Balaban J connectivity index is 4.03. The van der Waals surface area contributed by atoms with Crippen LogP contribution in [-0.2, 0) is 4.74 Å². The average Bonchev–Trinajstić information content (AvgIpc) is 2.20. The molecule has 0 aliphatic rings. The Labute approximate surface area is 97.8 Å². The first-order chi connectivity index (χ1) is 7.79. The van der Waals surface area contributed by atoms with E-state index in [1.54, 1.807) is 0 Å². The lowest BCUT2D eigenvalue weighted by molar-refractivity contribution is -0.155. The van der Waals surface area contributed by atoms with Crippen LogP contribution in [0.3, 0.4) is 0 Å². The molecule has 0 heterocycles. The Morgan fingerprint density at radius 3 is 2.47 bits per heavy atom. The first kappa shape index (κ1) is 16.0. The summed E-state index contributed by atoms with van der Waals surface area (Å²) in [6.45, 7) is 3.78. The molecule has 0 aromatic rings. The van der Waals surface area contributed by atoms with Gasteiger partial charge in [-0.05, 0) is 13.8 Å². The minimum Gasteiger partial charge on any atom is -0.409 e. The average molecular weight is 257 g/mol. The van der Waals surface area contributed by atoms with Gasteiger partial charge in [0, 0.05) is 13.1 Å². The number of hydrogen-bond acceptors (Lipinski definition) is 4. The van der Waals surface area contributed by atoms with Crippen molar-refractivity contribution in [3.8, 4) is 0 Å². The van der Waals surface area contributed by atoms with Gasteiger partial charge in [-0.1, -0.05) is 5.16 Å². The molecule has 17 heavy (non-hydrogen) atoms. The number of rotatable bonds is 7. The summed E-state index contributed by atoms with van der Waals surface area (Å²) >= 11 is 0. The van der Waals surface area contributed by atoms with Crippen molar-refractivity contribution >= 4 is 5.84 Å². The molecule has 5 nitrogen and oxygen atoms in total. The third-order valence-corrected chi connectivity index (χ3v) is 1.95. The van der Waals surface area contributed by atoms with Crippen molar-refractivity contribution < 1.29 is 23.1 Å². The number of hydrogen-bond donors (Lipinski definition) is 3. The molecular weight excluding hydrogens is 239 g/mol. The van der Waals surface area contributed by atoms with Crippen LogP contribution in [0.1, 0.15) is 13.8 Å². The molecule has 0 saturated heterocycles. The Kier molecular flexibility index (Phi) is 6.89. The minimum absolute atomic E-state index is 0.0271. The van der Waals surface area contributed by atoms with Gasteiger partial charge < -0.3 is 21.0 Å². The van der Waals surface area contributed by atoms with E-state index in [2.05, 4.69) is 10.5 Å². The summed E-state index contributed by atoms with van der Waals surface area (Å²) in [5.74, 6) is -2.85. The van der Waals surface area contributed by atoms with Crippen LogP contribution >= 0.6 is 0 Å². The molecule has 0 amide bonds. The smallest absolute Gasteiger partial charge is 0.400 e. The summed E-state index contributed by atoms with van der Waals surface area (Å²) in [5, 5.41) is 13.2. The summed E-state index contributed by atoms with van der Waals surface area (Å²) in [5.41, 5.74) is 4.98. The van der Waals surface area contributed by atoms with Crippen LogP contribution < -0.4 is 11.1 Å². The highest BCUT2D eigenvalue weighted by Gasteiger charge is 2.42. The molecule has 0 aromatic carbocycles. The second kappa shape index (κ2) is 7.33. The molecule has 0 spiro atoms. The Bertz CT molecular complexity index is 244. The number of alkyl halides is 3. The van der Waals surface area contributed by atoms with Gasteiger partial charge in [0.1, 0.15) is 5.92 Å². The van der Waals surface area contributed by atoms with E-state index in [-0.39, 0.29) is 12.6 Å². The van der Waals surface area contributed by atoms with Crippen LogP contribution in [0.5, 0.6) is 0 Å². The van der Waals surface area contributed by atoms with Gasteiger partial charge >= 0.3 is 6.18 Å². The van der Waals surface area contributed by atoms with Gasteiger partial charge in [-0.25, -0.2) is 0 Å². The largest absolute Gasteiger partial charge is 0.409 e. The van der Waals surface area contributed by atoms with Crippen molar-refractivity contribution in [2.24, 2.45) is 16.8 Å². The quantitative estimate of drug-likeness (QED) is 0.208. The van der Waals surface area contributed by atoms with Crippen LogP contribution in [-0.4, -0.2) is 43.0 Å². The van der Waals surface area contributed by atoms with Gasteiger partial charge in [-0.15, -0.1) is 0 Å². The lowest BCUT2D eigenvalue weighted by Crippen LogP contribution is -2.43. The SMILES string of the molecule is CC(C)OCCNCC(C(N)=NO)C(F)(F)F. The molecule has 1 unspecified atom stereocenters. The summed E-state index contributed by atoms with van der Waals surface area (Å²) in [4.78, 5) is 0. The van der Waals surface area contributed by atoms with Crippen molar-refractivity contribution in [2.45, 2.75) is 26.1 Å². The van der Waals surface area contributed by atoms with Crippen LogP contribution in [0.2, 0.25) is 0 Å². The van der Waals surface area contributed by atoms with E-state index in [0.717, 1.165) is 0 Å². The molecule has 0 bridgehead atoms. The highest BCUT2D eigenvalue weighted by atomic mass is 19.4. The van der Waals surface area contributed by atoms with Crippen LogP contribution in [0.4, 0.5) is 13.2 Å². The highest BCUT2D eigenvalue weighted by molar-refractivity contribution is 5.83. The zero-order valence-corrected chi connectivity index (χ0v) is 9.79. The fraction of sp³-hybridized carbons (Fsp3) is 0.889. The maximum absolute atomic E-state index is 12.5. The second-order valence-electron chi connectivity index (χ2n) is 3.74. The van der Waals surface area contributed by atoms with Crippen molar-refractivity contribution in [1.82, 2.24) is 5.32 Å². The maximum Gasteiger partial charge on any atom is 0.400 e. The van der Waals surface area contributed by atoms with Gasteiger partial charge in [0.2, 0.25) is 0 Å². The van der Waals surface area contributed by atoms with Crippen LogP contribution in [0, 0.1) is 5.92 Å². The van der Waals surface area contributed by atoms with E-state index >= 15 is 0 Å². The molecule has 0 aromatic heterocycles. The van der Waals surface area contributed by atoms with Gasteiger partial charge in [-0.3, -0.25) is 0 Å². The molecule has 0 aliphatic carbocycles.